The third-order valence-corrected chi connectivity index (χ3v) is 4.61. The van der Waals surface area contributed by atoms with Gasteiger partial charge in [-0.3, -0.25) is 0 Å². The maximum Gasteiger partial charge on any atom is 0.335 e. The van der Waals surface area contributed by atoms with Crippen LogP contribution in [0.1, 0.15) is 27.9 Å². The second-order valence-electron chi connectivity index (χ2n) is 5.27. The van der Waals surface area contributed by atoms with Gasteiger partial charge in [0.25, 0.3) is 0 Å². The SMILES string of the molecule is O=C(O)c1ccc(CN2CCCc3ccccc32)c(Br)c1. The minimum absolute atomic E-state index is 0.310. The Morgan fingerprint density at radius 3 is 2.81 bits per heavy atom. The third kappa shape index (κ3) is 2.95. The maximum atomic E-state index is 11.0. The quantitative estimate of drug-likeness (QED) is 0.910. The van der Waals surface area contributed by atoms with Gasteiger partial charge < -0.3 is 10.0 Å². The fraction of sp³-hybridized carbons (Fsp3) is 0.235. The van der Waals surface area contributed by atoms with Crippen molar-refractivity contribution >= 4 is 27.6 Å². The molecule has 0 saturated heterocycles. The van der Waals surface area contributed by atoms with Crippen LogP contribution in [0.2, 0.25) is 0 Å². The molecule has 4 heteroatoms. The number of para-hydroxylation sites is 1. The molecular weight excluding hydrogens is 330 g/mol. The number of fused-ring (bicyclic) bond motifs is 1. The Morgan fingerprint density at radius 1 is 1.24 bits per heavy atom. The van der Waals surface area contributed by atoms with Gasteiger partial charge in [0.2, 0.25) is 0 Å². The number of halogens is 1. The fourth-order valence-electron chi connectivity index (χ4n) is 2.79. The van der Waals surface area contributed by atoms with Crippen molar-refractivity contribution in [2.24, 2.45) is 0 Å². The van der Waals surface area contributed by atoms with Crippen molar-refractivity contribution < 1.29 is 9.90 Å². The van der Waals surface area contributed by atoms with Gasteiger partial charge in [0, 0.05) is 23.2 Å². The van der Waals surface area contributed by atoms with Gasteiger partial charge in [-0.25, -0.2) is 4.79 Å². The summed E-state index contributed by atoms with van der Waals surface area (Å²) < 4.78 is 0.852. The zero-order valence-corrected chi connectivity index (χ0v) is 13.1. The Bertz CT molecular complexity index is 684. The normalized spacial score (nSPS) is 13.9. The number of nitrogens with zero attached hydrogens (tertiary/aromatic N) is 1. The molecule has 0 bridgehead atoms. The number of rotatable bonds is 3. The van der Waals surface area contributed by atoms with Crippen molar-refractivity contribution in [3.05, 3.63) is 63.6 Å². The van der Waals surface area contributed by atoms with E-state index in [9.17, 15) is 4.79 Å². The summed E-state index contributed by atoms with van der Waals surface area (Å²) in [6, 6.07) is 13.7. The molecule has 108 valence electrons. The first-order valence-corrected chi connectivity index (χ1v) is 7.79. The highest BCUT2D eigenvalue weighted by Crippen LogP contribution is 2.29. The van der Waals surface area contributed by atoms with Crippen LogP contribution in [0.25, 0.3) is 0 Å². The summed E-state index contributed by atoms with van der Waals surface area (Å²) in [5.41, 5.74) is 4.10. The number of hydrogen-bond donors (Lipinski definition) is 1. The van der Waals surface area contributed by atoms with E-state index in [2.05, 4.69) is 45.1 Å². The molecule has 0 aromatic heterocycles. The van der Waals surface area contributed by atoms with Crippen LogP contribution < -0.4 is 4.90 Å². The van der Waals surface area contributed by atoms with Gasteiger partial charge in [0.05, 0.1) is 5.56 Å². The number of carbonyl (C=O) groups is 1. The number of aromatic carboxylic acids is 1. The first kappa shape index (κ1) is 14.1. The lowest BCUT2D eigenvalue weighted by Gasteiger charge is -2.31. The predicted molar refractivity (Wildman–Crippen MR) is 86.9 cm³/mol. The Labute approximate surface area is 132 Å². The van der Waals surface area contributed by atoms with Crippen LogP contribution in [-0.4, -0.2) is 17.6 Å². The second kappa shape index (κ2) is 5.90. The Morgan fingerprint density at radius 2 is 2.05 bits per heavy atom. The van der Waals surface area contributed by atoms with E-state index in [4.69, 9.17) is 5.11 Å². The van der Waals surface area contributed by atoms with Crippen LogP contribution in [0.15, 0.2) is 46.9 Å². The average Bonchev–Trinajstić information content (AvgIpc) is 2.49. The standard InChI is InChI=1S/C17H16BrNO2/c18-15-10-13(17(20)21)7-8-14(15)11-19-9-3-5-12-4-1-2-6-16(12)19/h1-2,4,6-8,10H,3,5,9,11H2,(H,20,21). The molecule has 2 aromatic rings. The van der Waals surface area contributed by atoms with Crippen LogP contribution in [0.4, 0.5) is 5.69 Å². The smallest absolute Gasteiger partial charge is 0.335 e. The van der Waals surface area contributed by atoms with Crippen molar-refractivity contribution in [1.82, 2.24) is 0 Å². The molecule has 1 heterocycles. The summed E-state index contributed by atoms with van der Waals surface area (Å²) in [7, 11) is 0. The summed E-state index contributed by atoms with van der Waals surface area (Å²) in [4.78, 5) is 13.3. The minimum atomic E-state index is -0.898. The van der Waals surface area contributed by atoms with Gasteiger partial charge in [0.15, 0.2) is 0 Å². The van der Waals surface area contributed by atoms with Crippen molar-refractivity contribution in [3.8, 4) is 0 Å². The van der Waals surface area contributed by atoms with Gasteiger partial charge in [-0.05, 0) is 42.2 Å². The van der Waals surface area contributed by atoms with E-state index in [1.165, 1.54) is 11.3 Å². The summed E-state index contributed by atoms with van der Waals surface area (Å²) in [5, 5.41) is 9.02. The molecule has 0 saturated carbocycles. The van der Waals surface area contributed by atoms with Crippen LogP contribution in [0, 0.1) is 0 Å². The summed E-state index contributed by atoms with van der Waals surface area (Å²) in [6.07, 6.45) is 2.29. The molecule has 0 fully saturated rings. The van der Waals surface area contributed by atoms with Gasteiger partial charge in [-0.1, -0.05) is 40.2 Å². The number of aryl methyl sites for hydroxylation is 1. The molecule has 0 amide bonds. The van der Waals surface area contributed by atoms with Crippen LogP contribution in [0.5, 0.6) is 0 Å². The Balaban J connectivity index is 1.86. The Hall–Kier alpha value is -1.81. The molecule has 2 aromatic carbocycles. The second-order valence-corrected chi connectivity index (χ2v) is 6.12. The number of benzene rings is 2. The molecule has 21 heavy (non-hydrogen) atoms. The third-order valence-electron chi connectivity index (χ3n) is 3.87. The predicted octanol–water partition coefficient (Wildman–Crippen LogP) is 4.10. The fourth-order valence-corrected chi connectivity index (χ4v) is 3.29. The average molecular weight is 346 g/mol. The maximum absolute atomic E-state index is 11.0. The highest BCUT2D eigenvalue weighted by molar-refractivity contribution is 9.10. The van der Waals surface area contributed by atoms with Crippen LogP contribution in [0.3, 0.4) is 0 Å². The lowest BCUT2D eigenvalue weighted by molar-refractivity contribution is 0.0697. The van der Waals surface area contributed by atoms with E-state index in [1.807, 2.05) is 6.07 Å². The van der Waals surface area contributed by atoms with E-state index in [0.29, 0.717) is 5.56 Å². The highest BCUT2D eigenvalue weighted by Gasteiger charge is 2.17. The van der Waals surface area contributed by atoms with E-state index >= 15 is 0 Å². The number of hydrogen-bond acceptors (Lipinski definition) is 2. The lowest BCUT2D eigenvalue weighted by Crippen LogP contribution is -2.28. The monoisotopic (exact) mass is 345 g/mol. The largest absolute Gasteiger partial charge is 0.478 e. The topological polar surface area (TPSA) is 40.5 Å². The first-order chi connectivity index (χ1) is 10.1. The van der Waals surface area contributed by atoms with E-state index < -0.39 is 5.97 Å². The van der Waals surface area contributed by atoms with E-state index in [1.54, 1.807) is 12.1 Å². The van der Waals surface area contributed by atoms with Crippen molar-refractivity contribution in [1.29, 1.82) is 0 Å². The molecule has 3 rings (SSSR count). The van der Waals surface area contributed by atoms with Crippen LogP contribution in [-0.2, 0) is 13.0 Å². The molecule has 1 aliphatic heterocycles. The summed E-state index contributed by atoms with van der Waals surface area (Å²) in [6.45, 7) is 1.82. The molecule has 1 aliphatic rings. The Kier molecular flexibility index (Phi) is 3.97. The van der Waals surface area contributed by atoms with Gasteiger partial charge in [-0.15, -0.1) is 0 Å². The van der Waals surface area contributed by atoms with Crippen LogP contribution >= 0.6 is 15.9 Å². The minimum Gasteiger partial charge on any atom is -0.478 e. The molecule has 3 nitrogen and oxygen atoms in total. The van der Waals surface area contributed by atoms with Gasteiger partial charge >= 0.3 is 5.97 Å². The molecule has 1 N–H and O–H groups in total. The number of carboxylic acid groups (broad SMARTS) is 1. The van der Waals surface area contributed by atoms with Crippen molar-refractivity contribution in [3.63, 3.8) is 0 Å². The molecule has 0 atom stereocenters. The summed E-state index contributed by atoms with van der Waals surface area (Å²) >= 11 is 3.49. The first-order valence-electron chi connectivity index (χ1n) is 7.00. The molecule has 0 radical (unpaired) electrons. The van der Waals surface area contributed by atoms with E-state index in [-0.39, 0.29) is 0 Å². The summed E-state index contributed by atoms with van der Waals surface area (Å²) in [5.74, 6) is -0.898. The molecule has 0 spiro atoms. The lowest BCUT2D eigenvalue weighted by atomic mass is 10.0. The number of carboxylic acids is 1. The van der Waals surface area contributed by atoms with Crippen molar-refractivity contribution in [2.45, 2.75) is 19.4 Å². The van der Waals surface area contributed by atoms with Crippen molar-refractivity contribution in [2.75, 3.05) is 11.4 Å². The number of anilines is 1. The van der Waals surface area contributed by atoms with Gasteiger partial charge in [-0.2, -0.15) is 0 Å². The molecule has 0 aliphatic carbocycles. The van der Waals surface area contributed by atoms with E-state index in [0.717, 1.165) is 36.0 Å². The zero-order chi connectivity index (χ0) is 14.8. The zero-order valence-electron chi connectivity index (χ0n) is 11.6. The highest BCUT2D eigenvalue weighted by atomic mass is 79.9. The van der Waals surface area contributed by atoms with Gasteiger partial charge in [0.1, 0.15) is 0 Å². The molecule has 0 unspecified atom stereocenters. The molecular formula is C17H16BrNO2.